The molecule has 1 aromatic heterocycles. The normalized spacial score (nSPS) is 10.7. The summed E-state index contributed by atoms with van der Waals surface area (Å²) in [6.07, 6.45) is 1.35. The Balaban J connectivity index is 2.14. The Labute approximate surface area is 137 Å². The van der Waals surface area contributed by atoms with Gasteiger partial charge < -0.3 is 5.11 Å². The number of aromatic nitrogens is 2. The van der Waals surface area contributed by atoms with Crippen LogP contribution in [0.1, 0.15) is 15.9 Å². The van der Waals surface area contributed by atoms with Crippen molar-refractivity contribution in [2.24, 2.45) is 0 Å². The molecule has 0 aliphatic carbocycles. The van der Waals surface area contributed by atoms with E-state index < -0.39 is 11.5 Å². The first-order valence-electron chi connectivity index (χ1n) is 6.92. The van der Waals surface area contributed by atoms with E-state index in [9.17, 15) is 14.7 Å². The lowest BCUT2D eigenvalue weighted by molar-refractivity contribution is 0.0695. The van der Waals surface area contributed by atoms with Gasteiger partial charge in [-0.05, 0) is 29.8 Å². The van der Waals surface area contributed by atoms with Crippen LogP contribution < -0.4 is 5.56 Å². The maximum absolute atomic E-state index is 12.4. The van der Waals surface area contributed by atoms with Gasteiger partial charge >= 0.3 is 5.97 Å². The quantitative estimate of drug-likeness (QED) is 0.800. The molecule has 0 atom stereocenters. The molecule has 0 amide bonds. The van der Waals surface area contributed by atoms with Gasteiger partial charge in [-0.2, -0.15) is 0 Å². The highest BCUT2D eigenvalue weighted by Gasteiger charge is 2.18. The third-order valence-electron chi connectivity index (χ3n) is 3.45. The lowest BCUT2D eigenvalue weighted by Gasteiger charge is -2.11. The van der Waals surface area contributed by atoms with Gasteiger partial charge in [-0.1, -0.05) is 41.9 Å². The van der Waals surface area contributed by atoms with Crippen molar-refractivity contribution in [3.05, 3.63) is 87.3 Å². The molecule has 0 radical (unpaired) electrons. The summed E-state index contributed by atoms with van der Waals surface area (Å²) in [6.45, 7) is 0.381. The fraction of sp³-hybridized carbons (Fsp3) is 0.0588. The van der Waals surface area contributed by atoms with Gasteiger partial charge in [0.05, 0.1) is 12.2 Å². The highest BCUT2D eigenvalue weighted by molar-refractivity contribution is 6.30. The number of hydrogen-bond donors (Lipinski definition) is 1. The SMILES string of the molecule is O=C(O)c1cn(Cc2ccccc2)n(-c2ccc(Cl)cc2)c1=O. The van der Waals surface area contributed by atoms with Crippen molar-refractivity contribution in [2.45, 2.75) is 6.54 Å². The molecule has 0 unspecified atom stereocenters. The van der Waals surface area contributed by atoms with Crippen LogP contribution in [0.4, 0.5) is 0 Å². The van der Waals surface area contributed by atoms with Crippen LogP contribution in [0.25, 0.3) is 5.69 Å². The Morgan fingerprint density at radius 1 is 1.04 bits per heavy atom. The molecule has 0 bridgehead atoms. The van der Waals surface area contributed by atoms with E-state index in [2.05, 4.69) is 0 Å². The van der Waals surface area contributed by atoms with Gasteiger partial charge in [0.1, 0.15) is 5.56 Å². The molecular weight excluding hydrogens is 316 g/mol. The first kappa shape index (κ1) is 15.1. The molecule has 0 aliphatic heterocycles. The fourth-order valence-electron chi connectivity index (χ4n) is 2.37. The van der Waals surface area contributed by atoms with Crippen LogP contribution in [-0.4, -0.2) is 20.4 Å². The molecule has 2 aromatic carbocycles. The zero-order chi connectivity index (χ0) is 16.4. The molecule has 5 nitrogen and oxygen atoms in total. The van der Waals surface area contributed by atoms with E-state index in [-0.39, 0.29) is 5.56 Å². The van der Waals surface area contributed by atoms with Crippen LogP contribution in [0.5, 0.6) is 0 Å². The summed E-state index contributed by atoms with van der Waals surface area (Å²) < 4.78 is 2.93. The number of halogens is 1. The average molecular weight is 329 g/mol. The van der Waals surface area contributed by atoms with E-state index in [4.69, 9.17) is 11.6 Å². The summed E-state index contributed by atoms with van der Waals surface area (Å²) in [5.41, 5.74) is 0.677. The number of rotatable bonds is 4. The topological polar surface area (TPSA) is 64.2 Å². The first-order valence-corrected chi connectivity index (χ1v) is 7.29. The molecule has 23 heavy (non-hydrogen) atoms. The highest BCUT2D eigenvalue weighted by Crippen LogP contribution is 2.14. The van der Waals surface area contributed by atoms with Crippen molar-refractivity contribution in [3.63, 3.8) is 0 Å². The molecule has 0 fully saturated rings. The molecular formula is C17H13ClN2O3. The molecule has 3 aromatic rings. The predicted octanol–water partition coefficient (Wildman–Crippen LogP) is 3.04. The van der Waals surface area contributed by atoms with Crippen LogP contribution in [0.2, 0.25) is 5.02 Å². The van der Waals surface area contributed by atoms with Gasteiger partial charge in [0.15, 0.2) is 0 Å². The molecule has 0 saturated heterocycles. The minimum atomic E-state index is -1.25. The maximum atomic E-state index is 12.4. The molecule has 0 saturated carbocycles. The Morgan fingerprint density at radius 2 is 1.70 bits per heavy atom. The van der Waals surface area contributed by atoms with Crippen molar-refractivity contribution < 1.29 is 9.90 Å². The van der Waals surface area contributed by atoms with Gasteiger partial charge in [-0.15, -0.1) is 0 Å². The zero-order valence-electron chi connectivity index (χ0n) is 12.0. The Bertz CT molecular complexity index is 896. The lowest BCUT2D eigenvalue weighted by Crippen LogP contribution is -2.24. The van der Waals surface area contributed by atoms with Crippen LogP contribution in [0.3, 0.4) is 0 Å². The smallest absolute Gasteiger partial charge is 0.342 e. The van der Waals surface area contributed by atoms with Crippen molar-refractivity contribution in [1.82, 2.24) is 9.36 Å². The molecule has 116 valence electrons. The van der Waals surface area contributed by atoms with E-state index in [1.165, 1.54) is 10.9 Å². The van der Waals surface area contributed by atoms with Crippen molar-refractivity contribution >= 4 is 17.6 Å². The van der Waals surface area contributed by atoms with E-state index in [0.717, 1.165) is 5.56 Å². The zero-order valence-corrected chi connectivity index (χ0v) is 12.8. The summed E-state index contributed by atoms with van der Waals surface area (Å²) >= 11 is 5.88. The summed E-state index contributed by atoms with van der Waals surface area (Å²) in [7, 11) is 0. The third-order valence-corrected chi connectivity index (χ3v) is 3.70. The lowest BCUT2D eigenvalue weighted by atomic mass is 10.2. The fourth-order valence-corrected chi connectivity index (χ4v) is 2.50. The largest absolute Gasteiger partial charge is 0.477 e. The number of aromatic carboxylic acids is 1. The Morgan fingerprint density at radius 3 is 2.30 bits per heavy atom. The number of benzene rings is 2. The third kappa shape index (κ3) is 3.05. The molecule has 0 spiro atoms. The van der Waals surface area contributed by atoms with Gasteiger partial charge in [0, 0.05) is 11.2 Å². The predicted molar refractivity (Wildman–Crippen MR) is 87.5 cm³/mol. The highest BCUT2D eigenvalue weighted by atomic mass is 35.5. The monoisotopic (exact) mass is 328 g/mol. The van der Waals surface area contributed by atoms with Crippen molar-refractivity contribution in [1.29, 1.82) is 0 Å². The summed E-state index contributed by atoms with van der Waals surface area (Å²) in [5.74, 6) is -1.25. The molecule has 1 N–H and O–H groups in total. The summed E-state index contributed by atoms with van der Waals surface area (Å²) in [6, 6.07) is 16.2. The average Bonchev–Trinajstić information content (AvgIpc) is 2.86. The van der Waals surface area contributed by atoms with Crippen LogP contribution in [0.15, 0.2) is 65.6 Å². The van der Waals surface area contributed by atoms with Gasteiger partial charge in [0.2, 0.25) is 0 Å². The van der Waals surface area contributed by atoms with Gasteiger partial charge in [0.25, 0.3) is 5.56 Å². The number of hydrogen-bond acceptors (Lipinski definition) is 2. The number of carboxylic acid groups (broad SMARTS) is 1. The standard InChI is InChI=1S/C17H13ClN2O3/c18-13-6-8-14(9-7-13)20-16(21)15(17(22)23)11-19(20)10-12-4-2-1-3-5-12/h1-9,11H,10H2,(H,22,23). The van der Waals surface area contributed by atoms with Crippen LogP contribution >= 0.6 is 11.6 Å². The molecule has 1 heterocycles. The first-order chi connectivity index (χ1) is 11.1. The second-order valence-corrected chi connectivity index (χ2v) is 5.46. The molecule has 3 rings (SSSR count). The van der Waals surface area contributed by atoms with Gasteiger partial charge in [-0.3, -0.25) is 9.48 Å². The Kier molecular flexibility index (Phi) is 4.04. The van der Waals surface area contributed by atoms with E-state index in [1.807, 2.05) is 30.3 Å². The number of carboxylic acids is 1. The minimum Gasteiger partial charge on any atom is -0.477 e. The minimum absolute atomic E-state index is 0.268. The Hall–Kier alpha value is -2.79. The van der Waals surface area contributed by atoms with E-state index >= 15 is 0 Å². The number of carbonyl (C=O) groups is 1. The second kappa shape index (κ2) is 6.14. The molecule has 6 heteroatoms. The van der Waals surface area contributed by atoms with Crippen LogP contribution in [-0.2, 0) is 6.54 Å². The van der Waals surface area contributed by atoms with E-state index in [1.54, 1.807) is 28.9 Å². The van der Waals surface area contributed by atoms with Crippen molar-refractivity contribution in [3.8, 4) is 5.69 Å². The second-order valence-electron chi connectivity index (χ2n) is 5.02. The molecule has 0 aliphatic rings. The summed E-state index contributed by atoms with van der Waals surface area (Å²) in [5, 5.41) is 9.76. The van der Waals surface area contributed by atoms with Gasteiger partial charge in [-0.25, -0.2) is 9.48 Å². The summed E-state index contributed by atoms with van der Waals surface area (Å²) in [4.78, 5) is 23.7. The van der Waals surface area contributed by atoms with E-state index in [0.29, 0.717) is 17.3 Å². The number of nitrogens with zero attached hydrogens (tertiary/aromatic N) is 2. The maximum Gasteiger partial charge on any atom is 0.342 e. The van der Waals surface area contributed by atoms with Crippen LogP contribution in [0, 0.1) is 0 Å². The van der Waals surface area contributed by atoms with Crippen molar-refractivity contribution in [2.75, 3.05) is 0 Å².